The Morgan fingerprint density at radius 2 is 1.16 bits per heavy atom. The standard InChI is InChI=1S/C37H40N6O4.C3H8/c1-39(15-6-13-38-14-16-42-34(44)28-10-3-7-25-8-4-11-29(32(25)28)35(42)45)19-22-43-36(46)30-12-5-9-26-23-27(24-31(33(26)30)37(43)47)41-20-17-40(2)18-21-41;1-3-2/h3-5,7-12,23-24,38H,6,13-22H2,1-2H3;3H2,1-2H3. The number of piperazine rings is 1. The number of amides is 4. The first kappa shape index (κ1) is 35.2. The van der Waals surface area contributed by atoms with E-state index in [4.69, 9.17) is 0 Å². The van der Waals surface area contributed by atoms with E-state index in [9.17, 15) is 19.2 Å². The third-order valence-corrected chi connectivity index (χ3v) is 9.75. The fraction of sp³-hybridized carbons (Fsp3) is 0.400. The van der Waals surface area contributed by atoms with Crippen molar-refractivity contribution in [2.45, 2.75) is 26.7 Å². The van der Waals surface area contributed by atoms with Crippen molar-refractivity contribution in [3.05, 3.63) is 89.0 Å². The lowest BCUT2D eigenvalue weighted by molar-refractivity contribution is 0.0589. The maximum atomic E-state index is 13.7. The number of hydrogen-bond donors (Lipinski definition) is 1. The largest absolute Gasteiger partial charge is 0.369 e. The van der Waals surface area contributed by atoms with E-state index in [1.54, 1.807) is 12.1 Å². The molecule has 50 heavy (non-hydrogen) atoms. The molecule has 4 amide bonds. The minimum absolute atomic E-state index is 0.231. The predicted molar refractivity (Wildman–Crippen MR) is 199 cm³/mol. The number of hydrogen-bond acceptors (Lipinski definition) is 8. The van der Waals surface area contributed by atoms with Crippen LogP contribution in [0.4, 0.5) is 5.69 Å². The summed E-state index contributed by atoms with van der Waals surface area (Å²) in [6.45, 7) is 11.1. The van der Waals surface area contributed by atoms with Gasteiger partial charge in [0.25, 0.3) is 23.6 Å². The molecule has 3 heterocycles. The zero-order valence-corrected chi connectivity index (χ0v) is 29.7. The Labute approximate surface area is 294 Å². The highest BCUT2D eigenvalue weighted by molar-refractivity contribution is 6.26. The lowest BCUT2D eigenvalue weighted by atomic mass is 9.93. The van der Waals surface area contributed by atoms with Gasteiger partial charge in [-0.1, -0.05) is 56.7 Å². The molecule has 0 spiro atoms. The Hall–Kier alpha value is -4.64. The van der Waals surface area contributed by atoms with E-state index in [1.807, 2.05) is 55.6 Å². The van der Waals surface area contributed by atoms with Crippen LogP contribution in [0.15, 0.2) is 66.7 Å². The first-order chi connectivity index (χ1) is 24.2. The fourth-order valence-electron chi connectivity index (χ4n) is 7.05. The van der Waals surface area contributed by atoms with Gasteiger partial charge in [0.2, 0.25) is 0 Å². The van der Waals surface area contributed by atoms with E-state index < -0.39 is 0 Å². The van der Waals surface area contributed by atoms with Crippen LogP contribution in [-0.4, -0.2) is 123 Å². The summed E-state index contributed by atoms with van der Waals surface area (Å²) < 4.78 is 0. The molecule has 4 aromatic rings. The molecule has 10 nitrogen and oxygen atoms in total. The zero-order valence-electron chi connectivity index (χ0n) is 29.7. The molecular weight excluding hydrogens is 628 g/mol. The molecule has 4 aromatic carbocycles. The first-order valence-electron chi connectivity index (χ1n) is 17.9. The van der Waals surface area contributed by atoms with Gasteiger partial charge in [-0.25, -0.2) is 0 Å². The van der Waals surface area contributed by atoms with Crippen LogP contribution in [0.25, 0.3) is 21.5 Å². The van der Waals surface area contributed by atoms with Gasteiger partial charge in [-0.05, 0) is 74.7 Å². The minimum Gasteiger partial charge on any atom is -0.369 e. The number of likely N-dealkylation sites (N-methyl/N-ethyl adjacent to an activating group) is 2. The molecule has 0 aromatic heterocycles. The highest BCUT2D eigenvalue weighted by atomic mass is 16.2. The number of anilines is 1. The van der Waals surface area contributed by atoms with Crippen molar-refractivity contribution < 1.29 is 19.2 Å². The van der Waals surface area contributed by atoms with Crippen LogP contribution >= 0.6 is 0 Å². The van der Waals surface area contributed by atoms with Crippen LogP contribution in [0.3, 0.4) is 0 Å². The van der Waals surface area contributed by atoms with E-state index in [0.717, 1.165) is 66.4 Å². The zero-order chi connectivity index (χ0) is 35.4. The normalized spacial score (nSPS) is 16.1. The molecule has 0 bridgehead atoms. The Morgan fingerprint density at radius 1 is 0.640 bits per heavy atom. The van der Waals surface area contributed by atoms with Crippen LogP contribution in [0.5, 0.6) is 0 Å². The molecular formula is C40H48N6O4. The molecule has 0 unspecified atom stereocenters. The quantitative estimate of drug-likeness (QED) is 0.176. The number of carbonyl (C=O) groups is 4. The van der Waals surface area contributed by atoms with Crippen molar-refractivity contribution in [2.24, 2.45) is 0 Å². The van der Waals surface area contributed by atoms with Crippen molar-refractivity contribution in [2.75, 3.05) is 84.4 Å². The summed E-state index contributed by atoms with van der Waals surface area (Å²) in [5.74, 6) is -0.976. The lowest BCUT2D eigenvalue weighted by Crippen LogP contribution is -2.45. The topological polar surface area (TPSA) is 96.5 Å². The lowest BCUT2D eigenvalue weighted by Gasteiger charge is -2.35. The van der Waals surface area contributed by atoms with E-state index in [1.165, 1.54) is 16.2 Å². The third kappa shape index (κ3) is 7.01. The molecule has 0 radical (unpaired) electrons. The van der Waals surface area contributed by atoms with E-state index in [-0.39, 0.29) is 23.6 Å². The van der Waals surface area contributed by atoms with Crippen LogP contribution in [0, 0.1) is 0 Å². The molecule has 262 valence electrons. The molecule has 3 aliphatic rings. The smallest absolute Gasteiger partial charge is 0.261 e. The van der Waals surface area contributed by atoms with Gasteiger partial charge < -0.3 is 20.0 Å². The molecule has 10 heteroatoms. The van der Waals surface area contributed by atoms with Gasteiger partial charge in [0.15, 0.2) is 0 Å². The molecule has 0 atom stereocenters. The van der Waals surface area contributed by atoms with Crippen molar-refractivity contribution >= 4 is 50.9 Å². The maximum absolute atomic E-state index is 13.7. The van der Waals surface area contributed by atoms with Crippen LogP contribution in [0.2, 0.25) is 0 Å². The third-order valence-electron chi connectivity index (χ3n) is 9.75. The average Bonchev–Trinajstić information content (AvgIpc) is 3.12. The van der Waals surface area contributed by atoms with Gasteiger partial charge in [-0.15, -0.1) is 0 Å². The van der Waals surface area contributed by atoms with Gasteiger partial charge in [0.05, 0.1) is 5.56 Å². The maximum Gasteiger partial charge on any atom is 0.261 e. The first-order valence-corrected chi connectivity index (χ1v) is 17.9. The molecule has 3 aliphatic heterocycles. The molecule has 1 N–H and O–H groups in total. The predicted octanol–water partition coefficient (Wildman–Crippen LogP) is 4.96. The van der Waals surface area contributed by atoms with Gasteiger partial charge in [-0.2, -0.15) is 0 Å². The van der Waals surface area contributed by atoms with Crippen molar-refractivity contribution in [3.8, 4) is 0 Å². The van der Waals surface area contributed by atoms with Gasteiger partial charge in [0.1, 0.15) is 0 Å². The van der Waals surface area contributed by atoms with Gasteiger partial charge in [0, 0.05) is 85.5 Å². The second-order valence-electron chi connectivity index (χ2n) is 13.5. The summed E-state index contributed by atoms with van der Waals surface area (Å²) in [4.78, 5) is 62.9. The summed E-state index contributed by atoms with van der Waals surface area (Å²) in [6, 6.07) is 20.9. The fourth-order valence-corrected chi connectivity index (χ4v) is 7.05. The number of carbonyl (C=O) groups excluding carboxylic acids is 4. The highest BCUT2D eigenvalue weighted by Gasteiger charge is 2.34. The van der Waals surface area contributed by atoms with Gasteiger partial charge in [-0.3, -0.25) is 29.0 Å². The van der Waals surface area contributed by atoms with Crippen molar-refractivity contribution in [1.82, 2.24) is 24.9 Å². The Bertz CT molecular complexity index is 1870. The van der Waals surface area contributed by atoms with Crippen LogP contribution in [-0.2, 0) is 0 Å². The number of imide groups is 2. The summed E-state index contributed by atoms with van der Waals surface area (Å²) in [7, 11) is 4.11. The molecule has 1 saturated heterocycles. The van der Waals surface area contributed by atoms with Crippen LogP contribution < -0.4 is 10.2 Å². The Balaban J connectivity index is 0.00000139. The molecule has 7 rings (SSSR count). The van der Waals surface area contributed by atoms with Crippen molar-refractivity contribution in [3.63, 3.8) is 0 Å². The summed E-state index contributed by atoms with van der Waals surface area (Å²) in [5, 5.41) is 6.67. The Kier molecular flexibility index (Phi) is 10.9. The molecule has 0 aliphatic carbocycles. The SMILES string of the molecule is CCC.CN(CCCNCCN1C(=O)c2cccc3cccc(c23)C1=O)CCN1C(=O)c2cccc3cc(N4CCN(C)CC4)cc(c23)C1=O. The molecule has 1 fully saturated rings. The number of nitrogens with zero attached hydrogens (tertiary/aromatic N) is 5. The van der Waals surface area contributed by atoms with E-state index in [2.05, 4.69) is 47.0 Å². The van der Waals surface area contributed by atoms with E-state index >= 15 is 0 Å². The minimum atomic E-state index is -0.253. The number of rotatable bonds is 11. The van der Waals surface area contributed by atoms with Crippen LogP contribution in [0.1, 0.15) is 68.1 Å². The number of nitrogens with one attached hydrogen (secondary N) is 1. The van der Waals surface area contributed by atoms with E-state index in [0.29, 0.717) is 55.0 Å². The highest BCUT2D eigenvalue weighted by Crippen LogP contribution is 2.34. The second-order valence-corrected chi connectivity index (χ2v) is 13.5. The van der Waals surface area contributed by atoms with Crippen molar-refractivity contribution in [1.29, 1.82) is 0 Å². The second kappa shape index (κ2) is 15.5. The summed E-state index contributed by atoms with van der Waals surface area (Å²) in [6.07, 6.45) is 2.08. The van der Waals surface area contributed by atoms with Gasteiger partial charge >= 0.3 is 0 Å². The summed E-state index contributed by atoms with van der Waals surface area (Å²) >= 11 is 0. The monoisotopic (exact) mass is 676 g/mol. The number of benzene rings is 4. The Morgan fingerprint density at radius 3 is 1.76 bits per heavy atom. The molecule has 0 saturated carbocycles. The average molecular weight is 677 g/mol. The summed E-state index contributed by atoms with van der Waals surface area (Å²) in [5.41, 5.74) is 3.35.